The van der Waals surface area contributed by atoms with Crippen LogP contribution in [0.25, 0.3) is 0 Å². The smallest absolute Gasteiger partial charge is 0.190 e. The fourth-order valence-electron chi connectivity index (χ4n) is 0.556. The van der Waals surface area contributed by atoms with Crippen LogP contribution in [0.3, 0.4) is 0 Å². The van der Waals surface area contributed by atoms with Crippen molar-refractivity contribution in [1.29, 1.82) is 0 Å². The summed E-state index contributed by atoms with van der Waals surface area (Å²) in [6.45, 7) is 0. The lowest BCUT2D eigenvalue weighted by Crippen LogP contribution is -2.27. The molecule has 1 heterocycles. The Morgan fingerprint density at radius 3 is 1.50 bits per heavy atom. The van der Waals surface area contributed by atoms with Crippen LogP contribution in [-0.4, -0.2) is 33.5 Å². The number of rotatable bonds is 0. The topological polar surface area (TPSA) is 74.6 Å². The van der Waals surface area contributed by atoms with E-state index in [1.54, 1.807) is 0 Å². The molecular formula is C4H6BrO4P. The number of aliphatic hydroxyl groups excluding tert-OH is 2. The van der Waals surface area contributed by atoms with E-state index in [0.717, 1.165) is 0 Å². The summed E-state index contributed by atoms with van der Waals surface area (Å²) >= 11 is 0. The molecule has 0 saturated carbocycles. The summed E-state index contributed by atoms with van der Waals surface area (Å²) in [5, 5.41) is 17.2. The maximum atomic E-state index is 10.4. The second-order valence-electron chi connectivity index (χ2n) is 1.74. The molecule has 0 aromatic rings. The number of aliphatic hydroxyl groups is 2. The monoisotopic (exact) mass is 228 g/mol. The first-order valence-electron chi connectivity index (χ1n) is 2.34. The van der Waals surface area contributed by atoms with Crippen molar-refractivity contribution in [2.45, 2.75) is 12.2 Å². The molecule has 58 valence electrons. The van der Waals surface area contributed by atoms with Crippen molar-refractivity contribution in [2.24, 2.45) is 0 Å². The van der Waals surface area contributed by atoms with E-state index in [0.29, 0.717) is 0 Å². The first-order chi connectivity index (χ1) is 4.13. The third-order valence-electron chi connectivity index (χ3n) is 1.08. The molecule has 2 N–H and O–H groups in total. The summed E-state index contributed by atoms with van der Waals surface area (Å²) < 4.78 is 0. The van der Waals surface area contributed by atoms with Gasteiger partial charge >= 0.3 is 0 Å². The van der Waals surface area contributed by atoms with Crippen LogP contribution in [0.5, 0.6) is 0 Å². The summed E-state index contributed by atoms with van der Waals surface area (Å²) in [7, 11) is -0.561. The van der Waals surface area contributed by atoms with Crippen molar-refractivity contribution in [2.75, 3.05) is 0 Å². The molecule has 10 heavy (non-hydrogen) atoms. The molecule has 1 aliphatic rings. The Bertz CT molecular complexity index is 153. The predicted molar refractivity (Wildman–Crippen MR) is 40.7 cm³/mol. The highest BCUT2D eigenvalue weighted by Gasteiger charge is 2.38. The van der Waals surface area contributed by atoms with Crippen LogP contribution >= 0.6 is 25.6 Å². The van der Waals surface area contributed by atoms with Gasteiger partial charge in [0, 0.05) is 8.58 Å². The highest BCUT2D eigenvalue weighted by molar-refractivity contribution is 8.93. The van der Waals surface area contributed by atoms with Gasteiger partial charge < -0.3 is 10.2 Å². The van der Waals surface area contributed by atoms with Crippen molar-refractivity contribution in [1.82, 2.24) is 0 Å². The van der Waals surface area contributed by atoms with Crippen LogP contribution < -0.4 is 0 Å². The highest BCUT2D eigenvalue weighted by Crippen LogP contribution is 2.27. The molecule has 2 unspecified atom stereocenters. The number of hydrogen-bond acceptors (Lipinski definition) is 4. The average Bonchev–Trinajstić information content (AvgIpc) is 1.98. The second-order valence-corrected chi connectivity index (χ2v) is 2.98. The molecule has 6 heteroatoms. The number of carbonyl (C=O) groups is 2. The second kappa shape index (κ2) is 3.53. The van der Waals surface area contributed by atoms with Crippen molar-refractivity contribution >= 4 is 36.6 Å². The summed E-state index contributed by atoms with van der Waals surface area (Å²) in [5.41, 5.74) is -1.12. The van der Waals surface area contributed by atoms with E-state index in [9.17, 15) is 9.59 Å². The van der Waals surface area contributed by atoms with E-state index in [2.05, 4.69) is 0 Å². The largest absolute Gasteiger partial charge is 0.382 e. The molecule has 0 bridgehead atoms. The van der Waals surface area contributed by atoms with E-state index in [4.69, 9.17) is 10.2 Å². The lowest BCUT2D eigenvalue weighted by atomic mass is 10.2. The van der Waals surface area contributed by atoms with Crippen molar-refractivity contribution < 1.29 is 19.8 Å². The van der Waals surface area contributed by atoms with Gasteiger partial charge in [0.05, 0.1) is 0 Å². The minimum absolute atomic E-state index is 0. The summed E-state index contributed by atoms with van der Waals surface area (Å²) in [5.74, 6) is 0. The standard InChI is InChI=1S/C4H5O4P.BrH/c5-1-2(6)4(8)9-3(1)7;/h1-2,5-6,9H;1H. The molecule has 0 amide bonds. The van der Waals surface area contributed by atoms with E-state index in [1.807, 2.05) is 0 Å². The molecule has 2 atom stereocenters. The maximum absolute atomic E-state index is 10.4. The van der Waals surface area contributed by atoms with E-state index in [1.165, 1.54) is 0 Å². The van der Waals surface area contributed by atoms with E-state index in [-0.39, 0.29) is 17.0 Å². The quantitative estimate of drug-likeness (QED) is 0.524. The van der Waals surface area contributed by atoms with Gasteiger partial charge in [-0.05, 0) is 0 Å². The molecular weight excluding hydrogens is 223 g/mol. The Morgan fingerprint density at radius 1 is 1.10 bits per heavy atom. The van der Waals surface area contributed by atoms with Crippen LogP contribution in [0.2, 0.25) is 0 Å². The van der Waals surface area contributed by atoms with Gasteiger partial charge in [0.25, 0.3) is 0 Å². The van der Waals surface area contributed by atoms with Crippen molar-refractivity contribution in [3.05, 3.63) is 0 Å². The summed E-state index contributed by atoms with van der Waals surface area (Å²) in [4.78, 5) is 20.8. The van der Waals surface area contributed by atoms with Gasteiger partial charge in [0.15, 0.2) is 11.0 Å². The Kier molecular flexibility index (Phi) is 3.59. The van der Waals surface area contributed by atoms with Gasteiger partial charge in [0.1, 0.15) is 12.2 Å². The average molecular weight is 229 g/mol. The predicted octanol–water partition coefficient (Wildman–Crippen LogP) is -0.969. The normalized spacial score (nSPS) is 34.6. The van der Waals surface area contributed by atoms with E-state index < -0.39 is 31.8 Å². The minimum Gasteiger partial charge on any atom is -0.382 e. The lowest BCUT2D eigenvalue weighted by molar-refractivity contribution is -0.129. The Labute approximate surface area is 69.2 Å². The number of halogens is 1. The minimum atomic E-state index is -1.46. The highest BCUT2D eigenvalue weighted by atomic mass is 79.9. The van der Waals surface area contributed by atoms with E-state index >= 15 is 0 Å². The maximum Gasteiger partial charge on any atom is 0.190 e. The van der Waals surface area contributed by atoms with Crippen molar-refractivity contribution in [3.63, 3.8) is 0 Å². The zero-order valence-electron chi connectivity index (χ0n) is 4.77. The molecule has 1 rings (SSSR count). The Hall–Kier alpha value is 0.170. The Balaban J connectivity index is 0.000000810. The molecule has 0 spiro atoms. The van der Waals surface area contributed by atoms with Gasteiger partial charge in [0.2, 0.25) is 0 Å². The zero-order valence-corrected chi connectivity index (χ0v) is 7.49. The molecule has 1 fully saturated rings. The fourth-order valence-corrected chi connectivity index (χ4v) is 1.41. The lowest BCUT2D eigenvalue weighted by Gasteiger charge is -2.00. The first-order valence-corrected chi connectivity index (χ1v) is 3.34. The number of hydrogen-bond donors (Lipinski definition) is 2. The van der Waals surface area contributed by atoms with Crippen LogP contribution in [0, 0.1) is 0 Å². The third kappa shape index (κ3) is 1.61. The summed E-state index contributed by atoms with van der Waals surface area (Å²) in [6, 6.07) is 0. The van der Waals surface area contributed by atoms with Gasteiger partial charge in [-0.15, -0.1) is 17.0 Å². The van der Waals surface area contributed by atoms with Gasteiger partial charge in [-0.2, -0.15) is 0 Å². The van der Waals surface area contributed by atoms with Gasteiger partial charge in [-0.3, -0.25) is 9.59 Å². The number of carbonyl (C=O) groups excluding carboxylic acids is 2. The first kappa shape index (κ1) is 10.2. The Morgan fingerprint density at radius 2 is 1.40 bits per heavy atom. The molecule has 0 aliphatic carbocycles. The molecule has 0 aromatic heterocycles. The molecule has 0 aromatic carbocycles. The van der Waals surface area contributed by atoms with Crippen molar-refractivity contribution in [3.8, 4) is 0 Å². The SMILES string of the molecule is Br.O=C1PC(=O)C(O)C1O. The molecule has 0 radical (unpaired) electrons. The van der Waals surface area contributed by atoms with Crippen LogP contribution in [0.4, 0.5) is 0 Å². The molecule has 1 saturated heterocycles. The van der Waals surface area contributed by atoms with Crippen LogP contribution in [-0.2, 0) is 9.59 Å². The molecule has 4 nitrogen and oxygen atoms in total. The third-order valence-corrected chi connectivity index (χ3v) is 2.17. The fraction of sp³-hybridized carbons (Fsp3) is 0.500. The van der Waals surface area contributed by atoms with Crippen LogP contribution in [0.15, 0.2) is 0 Å². The zero-order chi connectivity index (χ0) is 7.02. The molecule has 1 aliphatic heterocycles. The summed E-state index contributed by atoms with van der Waals surface area (Å²) in [6.07, 6.45) is -2.92. The van der Waals surface area contributed by atoms with Gasteiger partial charge in [-0.25, -0.2) is 0 Å². The van der Waals surface area contributed by atoms with Gasteiger partial charge in [-0.1, -0.05) is 0 Å². The van der Waals surface area contributed by atoms with Crippen LogP contribution in [0.1, 0.15) is 0 Å².